The molecule has 0 saturated carbocycles. The molecule has 10 nitrogen and oxygen atoms in total. The zero-order valence-electron chi connectivity index (χ0n) is 18.1. The van der Waals surface area contributed by atoms with Gasteiger partial charge in [0.15, 0.2) is 0 Å². The molecule has 10 heteroatoms. The quantitative estimate of drug-likeness (QED) is 0.362. The van der Waals surface area contributed by atoms with Crippen LogP contribution in [0.4, 0.5) is 5.69 Å². The first-order chi connectivity index (χ1) is 16.2. The van der Waals surface area contributed by atoms with Crippen LogP contribution < -0.4 is 0 Å². The van der Waals surface area contributed by atoms with Gasteiger partial charge in [-0.15, -0.1) is 0 Å². The Hall–Kier alpha value is -4.60. The van der Waals surface area contributed by atoms with E-state index >= 15 is 0 Å². The van der Waals surface area contributed by atoms with Gasteiger partial charge in [0.1, 0.15) is 11.4 Å². The van der Waals surface area contributed by atoms with Gasteiger partial charge in [-0.05, 0) is 41.5 Å². The third kappa shape index (κ3) is 2.95. The van der Waals surface area contributed by atoms with E-state index in [1.165, 1.54) is 44.3 Å². The summed E-state index contributed by atoms with van der Waals surface area (Å²) in [6, 6.07) is 12.2. The molecule has 1 aliphatic heterocycles. The van der Waals surface area contributed by atoms with E-state index in [1.54, 1.807) is 24.3 Å². The maximum atomic E-state index is 13.2. The average Bonchev–Trinajstić information content (AvgIpc) is 3.30. The minimum atomic E-state index is -1.00. The molecule has 2 aliphatic rings. The summed E-state index contributed by atoms with van der Waals surface area (Å²) in [5, 5.41) is 26.0. The topological polar surface area (TPSA) is 136 Å². The molecular formula is C24H18N4O6. The van der Waals surface area contributed by atoms with Crippen molar-refractivity contribution in [2.45, 2.75) is 12.8 Å². The van der Waals surface area contributed by atoms with E-state index in [0.717, 1.165) is 9.58 Å². The number of carbonyl (C=O) groups is 3. The number of hydrogen-bond acceptors (Lipinski definition) is 7. The van der Waals surface area contributed by atoms with E-state index in [1.807, 2.05) is 0 Å². The van der Waals surface area contributed by atoms with Gasteiger partial charge < -0.3 is 5.11 Å². The molecule has 5 rings (SSSR count). The lowest BCUT2D eigenvalue weighted by Crippen LogP contribution is -2.26. The van der Waals surface area contributed by atoms with Crippen LogP contribution in [0, 0.1) is 16.0 Å². The summed E-state index contributed by atoms with van der Waals surface area (Å²) < 4.78 is 1.11. The fourth-order valence-corrected chi connectivity index (χ4v) is 4.68. The van der Waals surface area contributed by atoms with Gasteiger partial charge in [-0.3, -0.25) is 29.4 Å². The Balaban J connectivity index is 1.82. The number of amides is 2. The van der Waals surface area contributed by atoms with Crippen LogP contribution in [0.15, 0.2) is 48.5 Å². The van der Waals surface area contributed by atoms with Crippen molar-refractivity contribution < 1.29 is 24.4 Å². The van der Waals surface area contributed by atoms with E-state index < -0.39 is 34.5 Å². The number of aromatic hydroxyl groups is 1. The summed E-state index contributed by atoms with van der Waals surface area (Å²) in [5.74, 6) is -3.34. The Labute approximate surface area is 192 Å². The van der Waals surface area contributed by atoms with Crippen LogP contribution in [-0.4, -0.2) is 49.5 Å². The van der Waals surface area contributed by atoms with Gasteiger partial charge in [0.05, 0.1) is 22.5 Å². The lowest BCUT2D eigenvalue weighted by Gasteiger charge is -2.25. The number of phenols is 1. The van der Waals surface area contributed by atoms with Crippen molar-refractivity contribution in [3.8, 4) is 17.0 Å². The average molecular weight is 458 g/mol. The third-order valence-electron chi connectivity index (χ3n) is 6.28. The summed E-state index contributed by atoms with van der Waals surface area (Å²) >= 11 is 0. The van der Waals surface area contributed by atoms with Crippen LogP contribution in [-0.2, 0) is 9.59 Å². The molecule has 0 bridgehead atoms. The van der Waals surface area contributed by atoms with E-state index in [4.69, 9.17) is 0 Å². The molecule has 1 N–H and O–H groups in total. The van der Waals surface area contributed by atoms with E-state index in [2.05, 4.69) is 5.10 Å². The molecule has 1 aromatic heterocycles. The first kappa shape index (κ1) is 21.3. The number of non-ortho nitro benzene ring substituents is 1. The van der Waals surface area contributed by atoms with Crippen molar-refractivity contribution in [1.29, 1.82) is 0 Å². The second-order valence-corrected chi connectivity index (χ2v) is 8.19. The molecule has 1 fully saturated rings. The number of benzene rings is 2. The smallest absolute Gasteiger partial charge is 0.269 e. The van der Waals surface area contributed by atoms with Crippen molar-refractivity contribution in [2.24, 2.45) is 5.92 Å². The molecule has 2 amide bonds. The number of para-hydroxylation sites is 1. The molecule has 1 saturated heterocycles. The third-order valence-corrected chi connectivity index (χ3v) is 6.28. The number of fused-ring (bicyclic) bond motifs is 3. The van der Waals surface area contributed by atoms with Crippen LogP contribution in [0.5, 0.6) is 5.75 Å². The number of imide groups is 1. The number of likely N-dealkylation sites (N-methyl/N-ethyl adjacent to an activating group) is 1. The highest BCUT2D eigenvalue weighted by Crippen LogP contribution is 2.50. The maximum Gasteiger partial charge on any atom is 0.269 e. The van der Waals surface area contributed by atoms with Gasteiger partial charge >= 0.3 is 0 Å². The standard InChI is InChI=1S/C24H18N4O6/c1-12(29)27-22-17(21(25-27)15-5-3-4-6-18(15)30)11-16(13-7-9-14(10-8-13)28(33)34)19-20(22)24(32)26(2)23(19)31/h3-11,19-20,30H,1-2H3/t19-,20-/m0/s1. The zero-order chi connectivity index (χ0) is 24.3. The molecule has 2 heterocycles. The van der Waals surface area contributed by atoms with Crippen molar-refractivity contribution in [2.75, 3.05) is 7.05 Å². The van der Waals surface area contributed by atoms with Gasteiger partial charge in [0.2, 0.25) is 17.7 Å². The summed E-state index contributed by atoms with van der Waals surface area (Å²) in [6.45, 7) is 1.30. The van der Waals surface area contributed by atoms with Crippen LogP contribution in [0.1, 0.15) is 34.5 Å². The zero-order valence-corrected chi connectivity index (χ0v) is 18.1. The van der Waals surface area contributed by atoms with E-state index in [-0.39, 0.29) is 22.8 Å². The lowest BCUT2D eigenvalue weighted by molar-refractivity contribution is -0.384. The summed E-state index contributed by atoms with van der Waals surface area (Å²) in [7, 11) is 1.38. The fraction of sp³-hybridized carbons (Fsp3) is 0.167. The number of nitro benzene ring substituents is 1. The second kappa shape index (κ2) is 7.48. The Bertz CT molecular complexity index is 1440. The Morgan fingerprint density at radius 3 is 2.32 bits per heavy atom. The highest BCUT2D eigenvalue weighted by molar-refractivity contribution is 6.16. The molecular weight excluding hydrogens is 440 g/mol. The van der Waals surface area contributed by atoms with Crippen LogP contribution in [0.2, 0.25) is 0 Å². The van der Waals surface area contributed by atoms with Crippen molar-refractivity contribution in [3.05, 3.63) is 75.5 Å². The lowest BCUT2D eigenvalue weighted by atomic mass is 9.75. The normalized spacial score (nSPS) is 19.0. The van der Waals surface area contributed by atoms with Gasteiger partial charge in [-0.25, -0.2) is 4.68 Å². The first-order valence-corrected chi connectivity index (χ1v) is 10.4. The highest BCUT2D eigenvalue weighted by atomic mass is 16.6. The van der Waals surface area contributed by atoms with Gasteiger partial charge in [-0.2, -0.15) is 5.10 Å². The number of phenolic OH excluding ortho intramolecular Hbond substituents is 1. The molecule has 2 atom stereocenters. The number of carbonyl (C=O) groups excluding carboxylic acids is 3. The Morgan fingerprint density at radius 1 is 1.06 bits per heavy atom. The number of nitro groups is 1. The number of likely N-dealkylation sites (tertiary alicyclic amines) is 1. The Morgan fingerprint density at radius 2 is 1.71 bits per heavy atom. The van der Waals surface area contributed by atoms with E-state index in [0.29, 0.717) is 22.3 Å². The summed E-state index contributed by atoms with van der Waals surface area (Å²) in [4.78, 5) is 50.4. The molecule has 1 aliphatic carbocycles. The molecule has 2 aromatic carbocycles. The minimum absolute atomic E-state index is 0.0585. The molecule has 0 spiro atoms. The predicted octanol–water partition coefficient (Wildman–Crippen LogP) is 3.08. The van der Waals surface area contributed by atoms with Gasteiger partial charge in [-0.1, -0.05) is 12.1 Å². The number of nitrogens with zero attached hydrogens (tertiary/aromatic N) is 4. The molecule has 0 unspecified atom stereocenters. The van der Waals surface area contributed by atoms with Crippen molar-refractivity contribution in [1.82, 2.24) is 14.7 Å². The van der Waals surface area contributed by atoms with Crippen LogP contribution in [0.25, 0.3) is 22.9 Å². The van der Waals surface area contributed by atoms with Crippen molar-refractivity contribution in [3.63, 3.8) is 0 Å². The minimum Gasteiger partial charge on any atom is -0.507 e. The maximum absolute atomic E-state index is 13.2. The molecule has 0 radical (unpaired) electrons. The monoisotopic (exact) mass is 458 g/mol. The largest absolute Gasteiger partial charge is 0.507 e. The van der Waals surface area contributed by atoms with E-state index in [9.17, 15) is 29.6 Å². The van der Waals surface area contributed by atoms with Crippen LogP contribution in [0.3, 0.4) is 0 Å². The van der Waals surface area contributed by atoms with Crippen LogP contribution >= 0.6 is 0 Å². The van der Waals surface area contributed by atoms with Gasteiger partial charge in [0.25, 0.3) is 5.69 Å². The predicted molar refractivity (Wildman–Crippen MR) is 121 cm³/mol. The summed E-state index contributed by atoms with van der Waals surface area (Å²) in [5.41, 5.74) is 2.27. The van der Waals surface area contributed by atoms with Gasteiger partial charge in [0, 0.05) is 37.2 Å². The molecule has 170 valence electrons. The number of hydrogen-bond donors (Lipinski definition) is 1. The highest BCUT2D eigenvalue weighted by Gasteiger charge is 2.53. The second-order valence-electron chi connectivity index (χ2n) is 8.19. The Kier molecular flexibility index (Phi) is 4.67. The SMILES string of the molecule is CC(=O)n1nc(-c2ccccc2O)c2c1[C@H]1C(=O)N(C)C(=O)[C@H]1C(c1ccc([N+](=O)[O-])cc1)=C2. The molecule has 34 heavy (non-hydrogen) atoms. The molecule has 3 aromatic rings. The number of rotatable bonds is 3. The number of aromatic nitrogens is 2. The van der Waals surface area contributed by atoms with Crippen molar-refractivity contribution >= 4 is 35.1 Å². The first-order valence-electron chi connectivity index (χ1n) is 10.4. The fourth-order valence-electron chi connectivity index (χ4n) is 4.68. The summed E-state index contributed by atoms with van der Waals surface area (Å²) in [6.07, 6.45) is 1.68.